The van der Waals surface area contributed by atoms with E-state index >= 15 is 0 Å². The Morgan fingerprint density at radius 2 is 1.80 bits per heavy atom. The average molecular weight is 358 g/mol. The second-order valence-electron chi connectivity index (χ2n) is 5.38. The molecule has 3 rings (SSSR count). The first-order valence-electron chi connectivity index (χ1n) is 7.51. The maximum absolute atomic E-state index is 12.6. The smallest absolute Gasteiger partial charge is 0.263 e. The van der Waals surface area contributed by atoms with Crippen molar-refractivity contribution in [3.63, 3.8) is 0 Å². The van der Waals surface area contributed by atoms with Crippen molar-refractivity contribution >= 4 is 21.5 Å². The Balaban J connectivity index is 2.00. The summed E-state index contributed by atoms with van der Waals surface area (Å²) < 4.78 is 34.5. The zero-order chi connectivity index (χ0) is 17.9. The van der Waals surface area contributed by atoms with Crippen LogP contribution >= 0.6 is 0 Å². The second kappa shape index (κ2) is 6.96. The van der Waals surface area contributed by atoms with Gasteiger partial charge >= 0.3 is 0 Å². The number of rotatable bonds is 6. The van der Waals surface area contributed by atoms with Crippen LogP contribution in [-0.2, 0) is 21.4 Å². The van der Waals surface area contributed by atoms with Crippen LogP contribution in [-0.4, -0.2) is 25.3 Å². The fraction of sp³-hybridized carbons (Fsp3) is 0.118. The van der Waals surface area contributed by atoms with Gasteiger partial charge < -0.3 is 10.5 Å². The Hall–Kier alpha value is -2.84. The van der Waals surface area contributed by atoms with Crippen molar-refractivity contribution in [2.24, 2.45) is 0 Å². The zero-order valence-electron chi connectivity index (χ0n) is 13.6. The van der Waals surface area contributed by atoms with Crippen molar-refractivity contribution in [1.29, 1.82) is 0 Å². The highest BCUT2D eigenvalue weighted by molar-refractivity contribution is 7.92. The topological polar surface area (TPSA) is 99.2 Å². The Kier molecular flexibility index (Phi) is 4.73. The molecule has 0 radical (unpaired) electrons. The summed E-state index contributed by atoms with van der Waals surface area (Å²) in [5.41, 5.74) is 7.46. The van der Waals surface area contributed by atoms with E-state index in [1.807, 2.05) is 30.3 Å². The van der Waals surface area contributed by atoms with E-state index < -0.39 is 10.0 Å². The van der Waals surface area contributed by atoms with Gasteiger partial charge in [0, 0.05) is 18.9 Å². The van der Waals surface area contributed by atoms with Gasteiger partial charge in [0.2, 0.25) is 0 Å². The maximum atomic E-state index is 12.6. The van der Waals surface area contributed by atoms with Gasteiger partial charge in [-0.05, 0) is 36.4 Å². The summed E-state index contributed by atoms with van der Waals surface area (Å²) in [4.78, 5) is 0.121. The van der Waals surface area contributed by atoms with Gasteiger partial charge in [0.15, 0.2) is 0 Å². The molecule has 0 unspecified atom stereocenters. The van der Waals surface area contributed by atoms with Gasteiger partial charge in [-0.3, -0.25) is 4.72 Å². The van der Waals surface area contributed by atoms with E-state index in [0.717, 1.165) is 5.69 Å². The summed E-state index contributed by atoms with van der Waals surface area (Å²) in [6, 6.07) is 16.9. The summed E-state index contributed by atoms with van der Waals surface area (Å²) in [5.74, 6) is 0.329. The van der Waals surface area contributed by atoms with Gasteiger partial charge in [-0.25, -0.2) is 13.1 Å². The van der Waals surface area contributed by atoms with Crippen LogP contribution in [0.25, 0.3) is 5.69 Å². The van der Waals surface area contributed by atoms with Crippen LogP contribution in [0.4, 0.5) is 11.5 Å². The standard InChI is InChI=1S/C17H18N4O3S/c1-24-12-14-11-17(21(19-14)15-5-3-2-4-6-15)20-25(22,23)16-9-7-13(18)8-10-16/h2-11,20H,12,18H2,1H3. The number of para-hydroxylation sites is 1. The van der Waals surface area contributed by atoms with E-state index in [1.165, 1.54) is 16.8 Å². The monoisotopic (exact) mass is 358 g/mol. The number of anilines is 2. The van der Waals surface area contributed by atoms with Crippen molar-refractivity contribution in [1.82, 2.24) is 9.78 Å². The lowest BCUT2D eigenvalue weighted by atomic mass is 10.3. The largest absolute Gasteiger partial charge is 0.399 e. The molecule has 0 aliphatic heterocycles. The molecule has 0 aliphatic carbocycles. The summed E-state index contributed by atoms with van der Waals surface area (Å²) >= 11 is 0. The first-order chi connectivity index (χ1) is 12.0. The molecule has 0 atom stereocenters. The van der Waals surface area contributed by atoms with Gasteiger partial charge in [-0.15, -0.1) is 0 Å². The minimum Gasteiger partial charge on any atom is -0.399 e. The number of nitrogens with zero attached hydrogens (tertiary/aromatic N) is 2. The van der Waals surface area contributed by atoms with E-state index in [1.54, 1.807) is 25.3 Å². The highest BCUT2D eigenvalue weighted by Gasteiger charge is 2.18. The van der Waals surface area contributed by atoms with Gasteiger partial charge in [0.1, 0.15) is 5.82 Å². The third-order valence-electron chi connectivity index (χ3n) is 3.48. The normalized spacial score (nSPS) is 11.4. The number of sulfonamides is 1. The lowest BCUT2D eigenvalue weighted by molar-refractivity contribution is 0.181. The van der Waals surface area contributed by atoms with Crippen molar-refractivity contribution in [3.8, 4) is 5.69 Å². The highest BCUT2D eigenvalue weighted by atomic mass is 32.2. The third kappa shape index (κ3) is 3.81. The van der Waals surface area contributed by atoms with Crippen LogP contribution < -0.4 is 10.5 Å². The number of nitrogen functional groups attached to an aromatic ring is 1. The Labute approximate surface area is 146 Å². The molecule has 0 bridgehead atoms. The minimum atomic E-state index is -3.77. The number of nitrogens with one attached hydrogen (secondary N) is 1. The molecular weight excluding hydrogens is 340 g/mol. The molecule has 0 saturated heterocycles. The molecule has 1 heterocycles. The zero-order valence-corrected chi connectivity index (χ0v) is 14.4. The van der Waals surface area contributed by atoms with E-state index in [0.29, 0.717) is 17.2 Å². The molecule has 3 N–H and O–H groups in total. The number of ether oxygens (including phenoxy) is 1. The van der Waals surface area contributed by atoms with Crippen molar-refractivity contribution in [2.75, 3.05) is 17.6 Å². The number of nitrogens with two attached hydrogens (primary N) is 1. The molecule has 2 aromatic carbocycles. The molecule has 0 fully saturated rings. The van der Waals surface area contributed by atoms with Crippen LogP contribution in [0.15, 0.2) is 65.6 Å². The van der Waals surface area contributed by atoms with Crippen LogP contribution in [0, 0.1) is 0 Å². The van der Waals surface area contributed by atoms with E-state index in [9.17, 15) is 8.42 Å². The number of methoxy groups -OCH3 is 1. The molecule has 130 valence electrons. The fourth-order valence-electron chi connectivity index (χ4n) is 2.33. The van der Waals surface area contributed by atoms with Crippen LogP contribution in [0.3, 0.4) is 0 Å². The third-order valence-corrected chi connectivity index (χ3v) is 4.85. The van der Waals surface area contributed by atoms with Gasteiger partial charge in [-0.2, -0.15) is 5.10 Å². The van der Waals surface area contributed by atoms with Crippen molar-refractivity contribution in [2.45, 2.75) is 11.5 Å². The first kappa shape index (κ1) is 17.0. The number of aromatic nitrogens is 2. The number of hydrogen-bond donors (Lipinski definition) is 2. The summed E-state index contributed by atoms with van der Waals surface area (Å²) in [7, 11) is -2.21. The molecule has 0 amide bonds. The summed E-state index contributed by atoms with van der Waals surface area (Å²) in [6.07, 6.45) is 0. The fourth-order valence-corrected chi connectivity index (χ4v) is 3.36. The van der Waals surface area contributed by atoms with Gasteiger partial charge in [0.25, 0.3) is 10.0 Å². The van der Waals surface area contributed by atoms with Crippen LogP contribution in [0.5, 0.6) is 0 Å². The van der Waals surface area contributed by atoms with Gasteiger partial charge in [-0.1, -0.05) is 18.2 Å². The predicted octanol–water partition coefficient (Wildman–Crippen LogP) is 2.40. The predicted molar refractivity (Wildman–Crippen MR) is 95.9 cm³/mol. The molecule has 3 aromatic rings. The number of hydrogen-bond acceptors (Lipinski definition) is 5. The molecule has 0 saturated carbocycles. The lowest BCUT2D eigenvalue weighted by Gasteiger charge is -2.10. The average Bonchev–Trinajstić information content (AvgIpc) is 2.98. The molecule has 7 nitrogen and oxygen atoms in total. The highest BCUT2D eigenvalue weighted by Crippen LogP contribution is 2.22. The first-order valence-corrected chi connectivity index (χ1v) is 8.99. The maximum Gasteiger partial charge on any atom is 0.263 e. The molecule has 8 heteroatoms. The second-order valence-corrected chi connectivity index (χ2v) is 7.06. The van der Waals surface area contributed by atoms with Crippen molar-refractivity contribution in [3.05, 3.63) is 66.4 Å². The van der Waals surface area contributed by atoms with Crippen LogP contribution in [0.1, 0.15) is 5.69 Å². The molecular formula is C17H18N4O3S. The van der Waals surface area contributed by atoms with E-state index in [-0.39, 0.29) is 11.5 Å². The SMILES string of the molecule is COCc1cc(NS(=O)(=O)c2ccc(N)cc2)n(-c2ccccc2)n1. The molecule has 25 heavy (non-hydrogen) atoms. The minimum absolute atomic E-state index is 0.121. The Morgan fingerprint density at radius 1 is 1.12 bits per heavy atom. The van der Waals surface area contributed by atoms with Crippen molar-refractivity contribution < 1.29 is 13.2 Å². The molecule has 1 aromatic heterocycles. The molecule has 0 aliphatic rings. The number of benzene rings is 2. The van der Waals surface area contributed by atoms with E-state index in [4.69, 9.17) is 10.5 Å². The van der Waals surface area contributed by atoms with E-state index in [2.05, 4.69) is 9.82 Å². The van der Waals surface area contributed by atoms with Gasteiger partial charge in [0.05, 0.1) is 22.9 Å². The Bertz CT molecular complexity index is 951. The van der Waals surface area contributed by atoms with Crippen LogP contribution in [0.2, 0.25) is 0 Å². The Morgan fingerprint density at radius 3 is 2.44 bits per heavy atom. The quantitative estimate of drug-likeness (QED) is 0.659. The summed E-state index contributed by atoms with van der Waals surface area (Å²) in [6.45, 7) is 0.274. The lowest BCUT2D eigenvalue weighted by Crippen LogP contribution is -2.15. The summed E-state index contributed by atoms with van der Waals surface area (Å²) in [5, 5.41) is 4.41. The molecule has 0 spiro atoms.